The van der Waals surface area contributed by atoms with E-state index in [-0.39, 0.29) is 19.0 Å². The van der Waals surface area contributed by atoms with Crippen LogP contribution in [0.1, 0.15) is 20.3 Å². The molecule has 3 heteroatoms. The van der Waals surface area contributed by atoms with Crippen LogP contribution in [-0.2, 0) is 9.47 Å². The Kier molecular flexibility index (Phi) is 5.58. The Morgan fingerprint density at radius 2 is 2.00 bits per heavy atom. The van der Waals surface area contributed by atoms with Crippen molar-refractivity contribution in [1.29, 1.82) is 0 Å². The lowest BCUT2D eigenvalue weighted by Gasteiger charge is -2.16. The largest absolute Gasteiger partial charge is 0.396 e. The van der Waals surface area contributed by atoms with E-state index in [0.717, 1.165) is 0 Å². The molecule has 2 unspecified atom stereocenters. The van der Waals surface area contributed by atoms with E-state index in [0.29, 0.717) is 6.42 Å². The third-order valence-corrected chi connectivity index (χ3v) is 1.29. The molecule has 3 nitrogen and oxygen atoms in total. The Bertz CT molecular complexity index is 75.3. The summed E-state index contributed by atoms with van der Waals surface area (Å²) in [4.78, 5) is 0. The molecule has 2 atom stereocenters. The Labute approximate surface area is 62.0 Å². The number of hydrogen-bond acceptors (Lipinski definition) is 3. The first-order valence-corrected chi connectivity index (χ1v) is 3.49. The van der Waals surface area contributed by atoms with Crippen molar-refractivity contribution in [2.24, 2.45) is 0 Å². The van der Waals surface area contributed by atoms with E-state index in [1.54, 1.807) is 7.11 Å². The average Bonchev–Trinajstić information content (AvgIpc) is 1.88. The van der Waals surface area contributed by atoms with Crippen LogP contribution in [0.5, 0.6) is 0 Å². The van der Waals surface area contributed by atoms with Crippen LogP contribution in [0.25, 0.3) is 0 Å². The molecule has 0 aliphatic rings. The van der Waals surface area contributed by atoms with Gasteiger partial charge in [0.2, 0.25) is 0 Å². The van der Waals surface area contributed by atoms with Gasteiger partial charge in [0, 0.05) is 13.7 Å². The van der Waals surface area contributed by atoms with Gasteiger partial charge in [-0.25, -0.2) is 0 Å². The fourth-order valence-electron chi connectivity index (χ4n) is 0.633. The van der Waals surface area contributed by atoms with Crippen molar-refractivity contribution in [2.75, 3.05) is 13.7 Å². The summed E-state index contributed by atoms with van der Waals surface area (Å²) < 4.78 is 10.1. The minimum Gasteiger partial charge on any atom is -0.396 e. The minimum absolute atomic E-state index is 0.0694. The van der Waals surface area contributed by atoms with E-state index in [2.05, 4.69) is 0 Å². The predicted octanol–water partition coefficient (Wildman–Crippen LogP) is 0.766. The fraction of sp³-hybridized carbons (Fsp3) is 1.00. The topological polar surface area (TPSA) is 38.7 Å². The molecule has 0 saturated carbocycles. The molecule has 10 heavy (non-hydrogen) atoms. The molecule has 0 spiro atoms. The van der Waals surface area contributed by atoms with Crippen LogP contribution in [-0.4, -0.2) is 31.2 Å². The van der Waals surface area contributed by atoms with Gasteiger partial charge in [-0.15, -0.1) is 0 Å². The zero-order chi connectivity index (χ0) is 7.98. The van der Waals surface area contributed by atoms with Crippen LogP contribution < -0.4 is 0 Å². The van der Waals surface area contributed by atoms with Crippen LogP contribution in [0.3, 0.4) is 0 Å². The first-order chi connectivity index (χ1) is 4.70. The summed E-state index contributed by atoms with van der Waals surface area (Å²) >= 11 is 0. The van der Waals surface area contributed by atoms with E-state index in [4.69, 9.17) is 14.6 Å². The van der Waals surface area contributed by atoms with Crippen molar-refractivity contribution < 1.29 is 14.6 Å². The van der Waals surface area contributed by atoms with Gasteiger partial charge in [0.1, 0.15) is 0 Å². The fourth-order valence-corrected chi connectivity index (χ4v) is 0.633. The second-order valence-electron chi connectivity index (χ2n) is 2.26. The quantitative estimate of drug-likeness (QED) is 0.585. The summed E-state index contributed by atoms with van der Waals surface area (Å²) in [6.45, 7) is 3.90. The van der Waals surface area contributed by atoms with Gasteiger partial charge < -0.3 is 14.6 Å². The summed E-state index contributed by atoms with van der Waals surface area (Å²) in [5.41, 5.74) is 0. The smallest absolute Gasteiger partial charge is 0.154 e. The first-order valence-electron chi connectivity index (χ1n) is 3.49. The average molecular weight is 148 g/mol. The Morgan fingerprint density at radius 3 is 2.40 bits per heavy atom. The Balaban J connectivity index is 3.27. The highest BCUT2D eigenvalue weighted by Crippen LogP contribution is 2.01. The maximum Gasteiger partial charge on any atom is 0.154 e. The van der Waals surface area contributed by atoms with Crippen LogP contribution in [0.2, 0.25) is 0 Å². The van der Waals surface area contributed by atoms with Gasteiger partial charge in [-0.05, 0) is 20.3 Å². The van der Waals surface area contributed by atoms with Gasteiger partial charge in [-0.3, -0.25) is 0 Å². The SMILES string of the molecule is COC(C)OC(C)CCO. The lowest BCUT2D eigenvalue weighted by Crippen LogP contribution is -2.19. The van der Waals surface area contributed by atoms with E-state index < -0.39 is 0 Å². The van der Waals surface area contributed by atoms with Crippen molar-refractivity contribution in [3.8, 4) is 0 Å². The van der Waals surface area contributed by atoms with E-state index in [9.17, 15) is 0 Å². The third-order valence-electron chi connectivity index (χ3n) is 1.29. The van der Waals surface area contributed by atoms with Gasteiger partial charge in [0.05, 0.1) is 6.10 Å². The van der Waals surface area contributed by atoms with Gasteiger partial charge in [-0.1, -0.05) is 0 Å². The molecule has 0 aromatic carbocycles. The molecule has 0 heterocycles. The molecule has 0 bridgehead atoms. The summed E-state index contributed by atoms with van der Waals surface area (Å²) in [6.07, 6.45) is 0.551. The lowest BCUT2D eigenvalue weighted by atomic mass is 10.3. The highest BCUT2D eigenvalue weighted by atomic mass is 16.7. The molecule has 0 rings (SSSR count). The van der Waals surface area contributed by atoms with E-state index in [1.165, 1.54) is 0 Å². The van der Waals surface area contributed by atoms with Gasteiger partial charge in [0.15, 0.2) is 6.29 Å². The summed E-state index contributed by atoms with van der Waals surface area (Å²) in [5, 5.41) is 8.50. The maximum absolute atomic E-state index is 8.50. The number of methoxy groups -OCH3 is 1. The van der Waals surface area contributed by atoms with E-state index in [1.807, 2.05) is 13.8 Å². The summed E-state index contributed by atoms with van der Waals surface area (Å²) in [5.74, 6) is 0. The number of hydrogen-bond donors (Lipinski definition) is 1. The molecule has 0 aromatic rings. The highest BCUT2D eigenvalue weighted by Gasteiger charge is 2.05. The van der Waals surface area contributed by atoms with Crippen LogP contribution >= 0.6 is 0 Å². The minimum atomic E-state index is -0.179. The van der Waals surface area contributed by atoms with Crippen molar-refractivity contribution in [3.63, 3.8) is 0 Å². The third kappa shape index (κ3) is 4.73. The number of ether oxygens (including phenoxy) is 2. The molecule has 0 radical (unpaired) electrons. The standard InChI is InChI=1S/C7H16O3/c1-6(4-5-8)10-7(2)9-3/h6-8H,4-5H2,1-3H3. The molecule has 62 valence electrons. The van der Waals surface area contributed by atoms with Crippen molar-refractivity contribution in [2.45, 2.75) is 32.7 Å². The molecular formula is C7H16O3. The molecule has 0 saturated heterocycles. The lowest BCUT2D eigenvalue weighted by molar-refractivity contribution is -0.142. The first kappa shape index (κ1) is 9.88. The Hall–Kier alpha value is -0.120. The second kappa shape index (κ2) is 5.65. The van der Waals surface area contributed by atoms with Crippen molar-refractivity contribution in [3.05, 3.63) is 0 Å². The molecule has 0 aliphatic heterocycles. The molecule has 0 fully saturated rings. The molecular weight excluding hydrogens is 132 g/mol. The van der Waals surface area contributed by atoms with Gasteiger partial charge in [0.25, 0.3) is 0 Å². The summed E-state index contributed by atoms with van der Waals surface area (Å²) in [7, 11) is 1.59. The maximum atomic E-state index is 8.50. The predicted molar refractivity (Wildman–Crippen MR) is 38.7 cm³/mol. The molecule has 0 aromatic heterocycles. The zero-order valence-electron chi connectivity index (χ0n) is 6.83. The van der Waals surface area contributed by atoms with Crippen molar-refractivity contribution >= 4 is 0 Å². The summed E-state index contributed by atoms with van der Waals surface area (Å²) in [6, 6.07) is 0. The number of rotatable bonds is 5. The normalized spacial score (nSPS) is 16.8. The second-order valence-corrected chi connectivity index (χ2v) is 2.26. The van der Waals surface area contributed by atoms with Gasteiger partial charge in [-0.2, -0.15) is 0 Å². The van der Waals surface area contributed by atoms with E-state index >= 15 is 0 Å². The molecule has 0 aliphatic carbocycles. The number of aliphatic hydroxyl groups is 1. The zero-order valence-corrected chi connectivity index (χ0v) is 6.83. The monoisotopic (exact) mass is 148 g/mol. The van der Waals surface area contributed by atoms with Crippen LogP contribution in [0.15, 0.2) is 0 Å². The van der Waals surface area contributed by atoms with Crippen LogP contribution in [0.4, 0.5) is 0 Å². The number of aliphatic hydroxyl groups excluding tert-OH is 1. The van der Waals surface area contributed by atoms with Crippen LogP contribution in [0, 0.1) is 0 Å². The molecule has 0 amide bonds. The van der Waals surface area contributed by atoms with Crippen molar-refractivity contribution in [1.82, 2.24) is 0 Å². The highest BCUT2D eigenvalue weighted by molar-refractivity contribution is 4.47. The van der Waals surface area contributed by atoms with Gasteiger partial charge >= 0.3 is 0 Å². The Morgan fingerprint density at radius 1 is 1.40 bits per heavy atom. The molecule has 1 N–H and O–H groups in total.